The predicted molar refractivity (Wildman–Crippen MR) is 81.6 cm³/mol. The Hall–Kier alpha value is -1.73. The highest BCUT2D eigenvalue weighted by Crippen LogP contribution is 2.23. The summed E-state index contributed by atoms with van der Waals surface area (Å²) in [6, 6.07) is -0.00572. The van der Waals surface area contributed by atoms with Crippen molar-refractivity contribution >= 4 is 22.2 Å². The van der Waals surface area contributed by atoms with Crippen LogP contribution in [0.1, 0.15) is 30.1 Å². The van der Waals surface area contributed by atoms with Gasteiger partial charge in [-0.05, 0) is 18.8 Å². The molecule has 0 bridgehead atoms. The zero-order chi connectivity index (χ0) is 15.0. The molecular weight excluding hydrogens is 288 g/mol. The first-order valence-corrected chi connectivity index (χ1v) is 7.97. The Bertz CT molecular complexity index is 723. The Morgan fingerprint density at radius 2 is 2.38 bits per heavy atom. The van der Waals surface area contributed by atoms with Crippen LogP contribution in [0.15, 0.2) is 22.6 Å². The van der Waals surface area contributed by atoms with Crippen LogP contribution in [0.25, 0.3) is 4.96 Å². The number of rotatable bonds is 2. The van der Waals surface area contributed by atoms with E-state index in [1.807, 2.05) is 0 Å². The van der Waals surface area contributed by atoms with Crippen molar-refractivity contribution in [1.82, 2.24) is 14.3 Å². The second-order valence-electron chi connectivity index (χ2n) is 5.45. The molecule has 0 aromatic carbocycles. The Labute approximate surface area is 126 Å². The normalized spacial score (nSPS) is 22.7. The van der Waals surface area contributed by atoms with Crippen molar-refractivity contribution < 1.29 is 4.79 Å². The maximum Gasteiger partial charge on any atom is 0.271 e. The van der Waals surface area contributed by atoms with E-state index in [1.54, 1.807) is 16.5 Å². The number of carbonyl (C=O) groups excluding carboxylic acids is 1. The highest BCUT2D eigenvalue weighted by Gasteiger charge is 2.32. The fourth-order valence-electron chi connectivity index (χ4n) is 2.99. The van der Waals surface area contributed by atoms with Gasteiger partial charge in [-0.2, -0.15) is 0 Å². The molecule has 2 aromatic heterocycles. The van der Waals surface area contributed by atoms with Gasteiger partial charge in [-0.3, -0.25) is 14.0 Å². The Balaban J connectivity index is 1.99. The molecule has 6 nitrogen and oxygen atoms in total. The van der Waals surface area contributed by atoms with Crippen LogP contribution < -0.4 is 11.3 Å². The van der Waals surface area contributed by atoms with Crippen LogP contribution in [-0.2, 0) is 0 Å². The molecule has 1 aliphatic rings. The average molecular weight is 306 g/mol. The Morgan fingerprint density at radius 1 is 1.57 bits per heavy atom. The largest absolute Gasteiger partial charge is 0.334 e. The summed E-state index contributed by atoms with van der Waals surface area (Å²) in [5, 5.41) is 1.78. The number of hydrogen-bond acceptors (Lipinski definition) is 5. The summed E-state index contributed by atoms with van der Waals surface area (Å²) in [7, 11) is 0. The summed E-state index contributed by atoms with van der Waals surface area (Å²) in [4.78, 5) is 31.7. The Morgan fingerprint density at radius 3 is 3.14 bits per heavy atom. The molecule has 0 radical (unpaired) electrons. The number of carbonyl (C=O) groups is 1. The first-order valence-electron chi connectivity index (χ1n) is 7.09. The van der Waals surface area contributed by atoms with Crippen molar-refractivity contribution in [2.24, 2.45) is 11.7 Å². The minimum atomic E-state index is -0.305. The van der Waals surface area contributed by atoms with E-state index in [0.29, 0.717) is 24.0 Å². The second-order valence-corrected chi connectivity index (χ2v) is 6.33. The van der Waals surface area contributed by atoms with Crippen LogP contribution in [0.2, 0.25) is 0 Å². The van der Waals surface area contributed by atoms with Gasteiger partial charge in [-0.25, -0.2) is 4.98 Å². The molecule has 2 aromatic rings. The molecule has 112 valence electrons. The molecule has 3 heterocycles. The molecule has 1 amide bonds. The van der Waals surface area contributed by atoms with E-state index in [2.05, 4.69) is 11.9 Å². The van der Waals surface area contributed by atoms with Gasteiger partial charge in [0.2, 0.25) is 0 Å². The summed E-state index contributed by atoms with van der Waals surface area (Å²) in [5.41, 5.74) is 5.64. The summed E-state index contributed by atoms with van der Waals surface area (Å²) in [6.45, 7) is 3.17. The van der Waals surface area contributed by atoms with Crippen LogP contribution >= 0.6 is 11.3 Å². The average Bonchev–Trinajstić information content (AvgIpc) is 2.96. The number of nitrogens with two attached hydrogens (primary N) is 1. The lowest BCUT2D eigenvalue weighted by Crippen LogP contribution is -2.52. The lowest BCUT2D eigenvalue weighted by atomic mass is 9.90. The third kappa shape index (κ3) is 2.36. The first-order chi connectivity index (χ1) is 10.1. The smallest absolute Gasteiger partial charge is 0.271 e. The molecule has 1 aliphatic heterocycles. The molecule has 7 heteroatoms. The molecule has 1 saturated heterocycles. The zero-order valence-corrected chi connectivity index (χ0v) is 12.7. The van der Waals surface area contributed by atoms with Crippen LogP contribution in [0.4, 0.5) is 0 Å². The number of fused-ring (bicyclic) bond motifs is 1. The highest BCUT2D eigenvalue weighted by molar-refractivity contribution is 7.15. The van der Waals surface area contributed by atoms with E-state index in [1.165, 1.54) is 21.9 Å². The van der Waals surface area contributed by atoms with Gasteiger partial charge in [0.25, 0.3) is 11.5 Å². The van der Waals surface area contributed by atoms with Gasteiger partial charge in [-0.15, -0.1) is 11.3 Å². The number of hydrogen-bond donors (Lipinski definition) is 1. The van der Waals surface area contributed by atoms with Crippen molar-refractivity contribution in [3.8, 4) is 0 Å². The topological polar surface area (TPSA) is 80.7 Å². The van der Waals surface area contributed by atoms with Crippen LogP contribution in [0, 0.1) is 5.92 Å². The van der Waals surface area contributed by atoms with E-state index < -0.39 is 0 Å². The van der Waals surface area contributed by atoms with Crippen LogP contribution in [0.3, 0.4) is 0 Å². The number of amides is 1. The predicted octanol–water partition coefficient (Wildman–Crippen LogP) is 0.955. The summed E-state index contributed by atoms with van der Waals surface area (Å²) < 4.78 is 1.42. The lowest BCUT2D eigenvalue weighted by molar-refractivity contribution is 0.0530. The first kappa shape index (κ1) is 14.2. The van der Waals surface area contributed by atoms with Gasteiger partial charge in [0.05, 0.1) is 0 Å². The number of nitrogens with zero attached hydrogens (tertiary/aromatic N) is 3. The van der Waals surface area contributed by atoms with Gasteiger partial charge in [0.1, 0.15) is 5.56 Å². The van der Waals surface area contributed by atoms with Crippen molar-refractivity contribution in [1.29, 1.82) is 0 Å². The maximum absolute atomic E-state index is 12.7. The van der Waals surface area contributed by atoms with E-state index in [9.17, 15) is 9.59 Å². The van der Waals surface area contributed by atoms with E-state index in [0.717, 1.165) is 12.8 Å². The molecule has 2 atom stereocenters. The number of thiazole rings is 1. The van der Waals surface area contributed by atoms with Crippen molar-refractivity contribution in [3.05, 3.63) is 33.7 Å². The molecular formula is C14H18N4O2S. The highest BCUT2D eigenvalue weighted by atomic mass is 32.1. The molecule has 1 fully saturated rings. The molecule has 0 spiro atoms. The van der Waals surface area contributed by atoms with Crippen LogP contribution in [-0.4, -0.2) is 39.3 Å². The van der Waals surface area contributed by atoms with Gasteiger partial charge in [-0.1, -0.05) is 6.92 Å². The zero-order valence-electron chi connectivity index (χ0n) is 11.9. The molecule has 2 unspecified atom stereocenters. The maximum atomic E-state index is 12.7. The van der Waals surface area contributed by atoms with Crippen LogP contribution in [0.5, 0.6) is 0 Å². The summed E-state index contributed by atoms with van der Waals surface area (Å²) >= 11 is 1.37. The third-order valence-corrected chi connectivity index (χ3v) is 4.96. The molecule has 2 N–H and O–H groups in total. The molecule has 21 heavy (non-hydrogen) atoms. The molecule has 3 rings (SSSR count). The molecule has 0 aliphatic carbocycles. The van der Waals surface area contributed by atoms with Crippen molar-refractivity contribution in [2.45, 2.75) is 25.8 Å². The van der Waals surface area contributed by atoms with Gasteiger partial charge >= 0.3 is 0 Å². The number of likely N-dealkylation sites (tertiary alicyclic amines) is 1. The number of aromatic nitrogens is 2. The summed E-state index contributed by atoms with van der Waals surface area (Å²) in [6.07, 6.45) is 5.04. The van der Waals surface area contributed by atoms with Gasteiger partial charge in [0, 0.05) is 36.9 Å². The fourth-order valence-corrected chi connectivity index (χ4v) is 3.66. The van der Waals surface area contributed by atoms with Crippen molar-refractivity contribution in [3.63, 3.8) is 0 Å². The minimum absolute atomic E-state index is 0.00572. The second kappa shape index (κ2) is 5.57. The fraction of sp³-hybridized carbons (Fsp3) is 0.500. The van der Waals surface area contributed by atoms with E-state index >= 15 is 0 Å². The van der Waals surface area contributed by atoms with Gasteiger partial charge < -0.3 is 10.6 Å². The molecule has 0 saturated carbocycles. The van der Waals surface area contributed by atoms with E-state index in [-0.39, 0.29) is 23.1 Å². The van der Waals surface area contributed by atoms with Crippen molar-refractivity contribution in [2.75, 3.05) is 13.1 Å². The summed E-state index contributed by atoms with van der Waals surface area (Å²) in [5.74, 6) is 0.100. The number of piperidine rings is 1. The SMILES string of the molecule is CC1CCCN(C(=O)c2cnc3sccn3c2=O)C1CN. The lowest BCUT2D eigenvalue weighted by Gasteiger charge is -2.39. The monoisotopic (exact) mass is 306 g/mol. The quantitative estimate of drug-likeness (QED) is 0.896. The van der Waals surface area contributed by atoms with Gasteiger partial charge in [0.15, 0.2) is 4.96 Å². The standard InChI is InChI=1S/C14H18N4O2S/c1-9-3-2-4-17(11(9)7-15)12(19)10-8-16-14-18(13(10)20)5-6-21-14/h5-6,8-9,11H,2-4,7,15H2,1H3. The Kier molecular flexibility index (Phi) is 3.77. The third-order valence-electron chi connectivity index (χ3n) is 4.19. The van der Waals surface area contributed by atoms with E-state index in [4.69, 9.17) is 5.73 Å². The minimum Gasteiger partial charge on any atom is -0.334 e.